The maximum absolute atomic E-state index is 12.6. The fourth-order valence-electron chi connectivity index (χ4n) is 3.39. The van der Waals surface area contributed by atoms with Crippen molar-refractivity contribution in [2.24, 2.45) is 0 Å². The van der Waals surface area contributed by atoms with Crippen LogP contribution < -0.4 is 10.3 Å². The number of hydrogen-bond donors (Lipinski definition) is 0. The molecule has 4 aromatic rings. The van der Waals surface area contributed by atoms with Crippen LogP contribution in [0.2, 0.25) is 0 Å². The third kappa shape index (κ3) is 4.33. The molecule has 0 unspecified atom stereocenters. The topological polar surface area (TPSA) is 70.4 Å². The first-order valence-electron chi connectivity index (χ1n) is 9.85. The van der Waals surface area contributed by atoms with Gasteiger partial charge in [-0.1, -0.05) is 42.5 Å². The van der Waals surface area contributed by atoms with E-state index in [-0.39, 0.29) is 18.8 Å². The summed E-state index contributed by atoms with van der Waals surface area (Å²) >= 11 is 0. The van der Waals surface area contributed by atoms with Gasteiger partial charge in [0.2, 0.25) is 0 Å². The van der Waals surface area contributed by atoms with Crippen LogP contribution in [0.15, 0.2) is 71.5 Å². The molecule has 152 valence electrons. The SMILES string of the molecule is Cc1nc2ccccc2c(=O)n1CCCOC(=O)COc1ccc2ccccc2c1. The molecule has 0 saturated heterocycles. The highest BCUT2D eigenvalue weighted by atomic mass is 16.6. The van der Waals surface area contributed by atoms with Gasteiger partial charge in [-0.2, -0.15) is 0 Å². The van der Waals surface area contributed by atoms with Crippen molar-refractivity contribution >= 4 is 27.6 Å². The molecule has 0 atom stereocenters. The molecule has 6 heteroatoms. The van der Waals surface area contributed by atoms with Crippen molar-refractivity contribution in [3.63, 3.8) is 0 Å². The molecule has 0 spiro atoms. The number of aromatic nitrogens is 2. The second kappa shape index (κ2) is 8.78. The quantitative estimate of drug-likeness (QED) is 0.347. The summed E-state index contributed by atoms with van der Waals surface area (Å²) < 4.78 is 12.4. The van der Waals surface area contributed by atoms with Gasteiger partial charge < -0.3 is 9.47 Å². The zero-order valence-corrected chi connectivity index (χ0v) is 16.7. The molecule has 0 amide bonds. The first-order chi connectivity index (χ1) is 14.6. The lowest BCUT2D eigenvalue weighted by Crippen LogP contribution is -2.25. The van der Waals surface area contributed by atoms with Gasteiger partial charge in [0, 0.05) is 6.54 Å². The smallest absolute Gasteiger partial charge is 0.344 e. The van der Waals surface area contributed by atoms with Gasteiger partial charge in [0.05, 0.1) is 17.5 Å². The Morgan fingerprint density at radius 1 is 1.00 bits per heavy atom. The van der Waals surface area contributed by atoms with E-state index in [1.165, 1.54) is 0 Å². The lowest BCUT2D eigenvalue weighted by molar-refractivity contribution is -0.146. The maximum Gasteiger partial charge on any atom is 0.344 e. The standard InChI is InChI=1S/C24H22N2O4/c1-17-25-22-10-5-4-9-21(22)24(28)26(17)13-6-14-29-23(27)16-30-20-12-11-18-7-2-3-8-19(18)15-20/h2-5,7-12,15H,6,13-14,16H2,1H3. The Morgan fingerprint density at radius 3 is 2.63 bits per heavy atom. The molecule has 0 aliphatic heterocycles. The highest BCUT2D eigenvalue weighted by Crippen LogP contribution is 2.20. The van der Waals surface area contributed by atoms with Crippen LogP contribution in [0.1, 0.15) is 12.2 Å². The average Bonchev–Trinajstić information content (AvgIpc) is 2.77. The first-order valence-corrected chi connectivity index (χ1v) is 9.85. The van der Waals surface area contributed by atoms with Crippen molar-refractivity contribution < 1.29 is 14.3 Å². The molecule has 0 radical (unpaired) electrons. The van der Waals surface area contributed by atoms with Gasteiger partial charge >= 0.3 is 5.97 Å². The summed E-state index contributed by atoms with van der Waals surface area (Å²) in [5.41, 5.74) is 0.609. The van der Waals surface area contributed by atoms with Gasteiger partial charge in [-0.3, -0.25) is 9.36 Å². The van der Waals surface area contributed by atoms with Crippen molar-refractivity contribution in [1.82, 2.24) is 9.55 Å². The van der Waals surface area contributed by atoms with Gasteiger partial charge in [-0.25, -0.2) is 9.78 Å². The molecule has 0 fully saturated rings. The van der Waals surface area contributed by atoms with E-state index in [9.17, 15) is 9.59 Å². The average molecular weight is 402 g/mol. The van der Waals surface area contributed by atoms with E-state index in [1.807, 2.05) is 60.7 Å². The number of carbonyl (C=O) groups is 1. The Balaban J connectivity index is 1.28. The molecule has 0 saturated carbocycles. The van der Waals surface area contributed by atoms with E-state index in [2.05, 4.69) is 4.98 Å². The molecule has 3 aromatic carbocycles. The monoisotopic (exact) mass is 402 g/mol. The Hall–Kier alpha value is -3.67. The van der Waals surface area contributed by atoms with Crippen LogP contribution >= 0.6 is 0 Å². The van der Waals surface area contributed by atoms with Crippen LogP contribution in [0, 0.1) is 6.92 Å². The molecular weight excluding hydrogens is 380 g/mol. The van der Waals surface area contributed by atoms with Crippen LogP contribution in [0.4, 0.5) is 0 Å². The van der Waals surface area contributed by atoms with Crippen molar-refractivity contribution in [3.8, 4) is 5.75 Å². The van der Waals surface area contributed by atoms with Crippen molar-refractivity contribution in [3.05, 3.63) is 82.9 Å². The molecule has 1 aromatic heterocycles. The lowest BCUT2D eigenvalue weighted by Gasteiger charge is -2.11. The number of benzene rings is 3. The number of ether oxygens (including phenoxy) is 2. The van der Waals surface area contributed by atoms with Gasteiger partial charge in [0.25, 0.3) is 5.56 Å². The fraction of sp³-hybridized carbons (Fsp3) is 0.208. The van der Waals surface area contributed by atoms with Crippen molar-refractivity contribution in [2.75, 3.05) is 13.2 Å². The molecule has 1 heterocycles. The first kappa shape index (κ1) is 19.6. The summed E-state index contributed by atoms with van der Waals surface area (Å²) in [4.78, 5) is 29.1. The predicted octanol–water partition coefficient (Wildman–Crippen LogP) is 3.87. The van der Waals surface area contributed by atoms with Gasteiger partial charge in [-0.15, -0.1) is 0 Å². The second-order valence-electron chi connectivity index (χ2n) is 7.00. The van der Waals surface area contributed by atoms with E-state index in [1.54, 1.807) is 17.6 Å². The summed E-state index contributed by atoms with van der Waals surface area (Å²) in [7, 11) is 0. The summed E-state index contributed by atoms with van der Waals surface area (Å²) in [6, 6.07) is 20.9. The normalized spacial score (nSPS) is 11.0. The second-order valence-corrected chi connectivity index (χ2v) is 7.00. The summed E-state index contributed by atoms with van der Waals surface area (Å²) in [5, 5.41) is 2.75. The molecule has 30 heavy (non-hydrogen) atoms. The number of hydrogen-bond acceptors (Lipinski definition) is 5. The Morgan fingerprint density at radius 2 is 1.77 bits per heavy atom. The number of aryl methyl sites for hydroxylation is 1. The molecule has 0 aliphatic carbocycles. The fourth-order valence-corrected chi connectivity index (χ4v) is 3.39. The zero-order valence-electron chi connectivity index (χ0n) is 16.7. The number of rotatable bonds is 7. The minimum absolute atomic E-state index is 0.0796. The minimum atomic E-state index is -0.441. The Labute approximate surface area is 173 Å². The van der Waals surface area contributed by atoms with Crippen LogP contribution in [0.5, 0.6) is 5.75 Å². The van der Waals surface area contributed by atoms with Crippen LogP contribution in [0.3, 0.4) is 0 Å². The third-order valence-electron chi connectivity index (χ3n) is 4.92. The van der Waals surface area contributed by atoms with Gasteiger partial charge in [0.15, 0.2) is 6.61 Å². The summed E-state index contributed by atoms with van der Waals surface area (Å²) in [5.74, 6) is 0.823. The third-order valence-corrected chi connectivity index (χ3v) is 4.92. The molecule has 0 bridgehead atoms. The van der Waals surface area contributed by atoms with Crippen molar-refractivity contribution in [2.45, 2.75) is 19.9 Å². The van der Waals surface area contributed by atoms with E-state index in [0.29, 0.717) is 35.4 Å². The zero-order chi connectivity index (χ0) is 20.9. The molecular formula is C24H22N2O4. The number of esters is 1. The number of nitrogens with zero attached hydrogens (tertiary/aromatic N) is 2. The van der Waals surface area contributed by atoms with Crippen LogP contribution in [-0.4, -0.2) is 28.7 Å². The lowest BCUT2D eigenvalue weighted by atomic mass is 10.1. The Kier molecular flexibility index (Phi) is 5.75. The van der Waals surface area contributed by atoms with Gasteiger partial charge in [-0.05, 0) is 48.4 Å². The summed E-state index contributed by atoms with van der Waals surface area (Å²) in [6.45, 7) is 2.28. The maximum atomic E-state index is 12.6. The highest BCUT2D eigenvalue weighted by Gasteiger charge is 2.09. The van der Waals surface area contributed by atoms with E-state index < -0.39 is 5.97 Å². The van der Waals surface area contributed by atoms with Crippen molar-refractivity contribution in [1.29, 1.82) is 0 Å². The Bertz CT molecular complexity index is 1260. The largest absolute Gasteiger partial charge is 0.482 e. The number of carbonyl (C=O) groups excluding carboxylic acids is 1. The number of para-hydroxylation sites is 1. The van der Waals surface area contributed by atoms with Gasteiger partial charge in [0.1, 0.15) is 11.6 Å². The summed E-state index contributed by atoms with van der Waals surface area (Å²) in [6.07, 6.45) is 0.516. The van der Waals surface area contributed by atoms with E-state index >= 15 is 0 Å². The highest BCUT2D eigenvalue weighted by molar-refractivity contribution is 5.83. The minimum Gasteiger partial charge on any atom is -0.482 e. The molecule has 4 rings (SSSR count). The molecule has 0 aliphatic rings. The molecule has 6 nitrogen and oxygen atoms in total. The number of fused-ring (bicyclic) bond motifs is 2. The van der Waals surface area contributed by atoms with Crippen LogP contribution in [0.25, 0.3) is 21.7 Å². The van der Waals surface area contributed by atoms with Crippen LogP contribution in [-0.2, 0) is 16.1 Å². The van der Waals surface area contributed by atoms with E-state index in [4.69, 9.17) is 9.47 Å². The van der Waals surface area contributed by atoms with E-state index in [0.717, 1.165) is 10.8 Å². The molecule has 0 N–H and O–H groups in total. The predicted molar refractivity (Wildman–Crippen MR) is 116 cm³/mol.